The Morgan fingerprint density at radius 2 is 2.06 bits per heavy atom. The number of fused-ring (bicyclic) bond motifs is 1. The molecule has 0 atom stereocenters. The van der Waals surface area contributed by atoms with E-state index in [-0.39, 0.29) is 5.41 Å². The summed E-state index contributed by atoms with van der Waals surface area (Å²) in [6, 6.07) is 4.21. The van der Waals surface area contributed by atoms with E-state index in [2.05, 4.69) is 31.0 Å². The second-order valence-corrected chi connectivity index (χ2v) is 5.48. The van der Waals surface area contributed by atoms with Gasteiger partial charge in [-0.3, -0.25) is 0 Å². The second kappa shape index (κ2) is 3.75. The van der Waals surface area contributed by atoms with Crippen molar-refractivity contribution in [3.63, 3.8) is 0 Å². The Morgan fingerprint density at radius 1 is 1.33 bits per heavy atom. The molecule has 3 heteroatoms. The van der Waals surface area contributed by atoms with Crippen molar-refractivity contribution >= 4 is 10.9 Å². The lowest BCUT2D eigenvalue weighted by molar-refractivity contribution is 0.415. The number of H-pyrrole nitrogens is 1. The van der Waals surface area contributed by atoms with Crippen LogP contribution >= 0.6 is 0 Å². The summed E-state index contributed by atoms with van der Waals surface area (Å²) in [5.74, 6) is 0.924. The lowest BCUT2D eigenvalue weighted by Gasteiger charge is -2.13. The van der Waals surface area contributed by atoms with E-state index in [1.54, 1.807) is 7.11 Å². The van der Waals surface area contributed by atoms with Crippen molar-refractivity contribution < 1.29 is 4.74 Å². The maximum absolute atomic E-state index is 5.98. The normalized spacial score (nSPS) is 17.1. The first kappa shape index (κ1) is 11.6. The van der Waals surface area contributed by atoms with Gasteiger partial charge in [0.1, 0.15) is 5.75 Å². The summed E-state index contributed by atoms with van der Waals surface area (Å²) >= 11 is 0. The van der Waals surface area contributed by atoms with Crippen LogP contribution in [0, 0.1) is 13.8 Å². The Labute approximate surface area is 107 Å². The molecule has 0 unspecified atom stereocenters. The molecule has 0 spiro atoms. The van der Waals surface area contributed by atoms with E-state index < -0.39 is 0 Å². The number of nitrogens with one attached hydrogen (secondary N) is 1. The number of hydrogen-bond donors (Lipinski definition) is 2. The smallest absolute Gasteiger partial charge is 0.119 e. The summed E-state index contributed by atoms with van der Waals surface area (Å²) in [6.07, 6.45) is 2.40. The predicted octanol–water partition coefficient (Wildman–Crippen LogP) is 2.78. The van der Waals surface area contributed by atoms with Gasteiger partial charge in [0.15, 0.2) is 0 Å². The molecule has 18 heavy (non-hydrogen) atoms. The quantitative estimate of drug-likeness (QED) is 0.872. The molecule has 3 N–H and O–H groups in total. The predicted molar refractivity (Wildman–Crippen MR) is 74.3 cm³/mol. The number of rotatable bonds is 3. The highest BCUT2D eigenvalue weighted by atomic mass is 16.5. The van der Waals surface area contributed by atoms with Gasteiger partial charge in [0, 0.05) is 28.6 Å². The zero-order valence-electron chi connectivity index (χ0n) is 11.3. The standard InChI is InChI=1S/C15H20N2O/c1-9-6-11(18-3)7-12-13(10(2)17-14(9)12)15(8-16)4-5-15/h6-7,17H,4-5,8,16H2,1-3H3. The monoisotopic (exact) mass is 244 g/mol. The molecule has 1 heterocycles. The third kappa shape index (κ3) is 1.47. The van der Waals surface area contributed by atoms with Crippen molar-refractivity contribution in [3.05, 3.63) is 29.0 Å². The molecule has 1 aliphatic rings. The maximum atomic E-state index is 5.98. The first-order valence-corrected chi connectivity index (χ1v) is 6.49. The number of aryl methyl sites for hydroxylation is 2. The molecular formula is C15H20N2O. The Kier molecular flexibility index (Phi) is 2.42. The zero-order chi connectivity index (χ0) is 12.9. The van der Waals surface area contributed by atoms with Gasteiger partial charge in [0.25, 0.3) is 0 Å². The molecule has 3 nitrogen and oxygen atoms in total. The van der Waals surface area contributed by atoms with Crippen molar-refractivity contribution in [3.8, 4) is 5.75 Å². The van der Waals surface area contributed by atoms with Gasteiger partial charge in [0.05, 0.1) is 7.11 Å². The van der Waals surface area contributed by atoms with Crippen LogP contribution in [-0.2, 0) is 5.41 Å². The van der Waals surface area contributed by atoms with Gasteiger partial charge in [-0.05, 0) is 49.9 Å². The van der Waals surface area contributed by atoms with E-state index in [9.17, 15) is 0 Å². The van der Waals surface area contributed by atoms with Gasteiger partial charge in [-0.25, -0.2) is 0 Å². The molecule has 96 valence electrons. The molecule has 1 saturated carbocycles. The number of nitrogens with two attached hydrogens (primary N) is 1. The summed E-state index contributed by atoms with van der Waals surface area (Å²) in [4.78, 5) is 3.52. The first-order chi connectivity index (χ1) is 8.61. The largest absolute Gasteiger partial charge is 0.497 e. The van der Waals surface area contributed by atoms with Crippen LogP contribution in [0.1, 0.15) is 29.7 Å². The minimum absolute atomic E-state index is 0.209. The third-order valence-corrected chi connectivity index (χ3v) is 4.28. The molecular weight excluding hydrogens is 224 g/mol. The number of methoxy groups -OCH3 is 1. The third-order valence-electron chi connectivity index (χ3n) is 4.28. The van der Waals surface area contributed by atoms with E-state index in [0.29, 0.717) is 0 Å². The molecule has 1 aromatic heterocycles. The molecule has 0 aliphatic heterocycles. The van der Waals surface area contributed by atoms with Gasteiger partial charge < -0.3 is 15.5 Å². The van der Waals surface area contributed by atoms with Crippen molar-refractivity contribution in [2.45, 2.75) is 32.1 Å². The van der Waals surface area contributed by atoms with Crippen LogP contribution in [0.2, 0.25) is 0 Å². The number of ether oxygens (including phenoxy) is 1. The number of benzene rings is 1. The molecule has 0 radical (unpaired) electrons. The average Bonchev–Trinajstić information content (AvgIpc) is 3.07. The van der Waals surface area contributed by atoms with E-state index in [1.807, 2.05) is 0 Å². The summed E-state index contributed by atoms with van der Waals surface area (Å²) in [5, 5.41) is 1.28. The Morgan fingerprint density at radius 3 is 2.61 bits per heavy atom. The van der Waals surface area contributed by atoms with Crippen LogP contribution in [-0.4, -0.2) is 18.6 Å². The van der Waals surface area contributed by atoms with Crippen LogP contribution < -0.4 is 10.5 Å². The van der Waals surface area contributed by atoms with Gasteiger partial charge in [-0.2, -0.15) is 0 Å². The lowest BCUT2D eigenvalue weighted by atomic mass is 9.92. The summed E-state index contributed by atoms with van der Waals surface area (Å²) in [7, 11) is 1.72. The van der Waals surface area contributed by atoms with Gasteiger partial charge in [0.2, 0.25) is 0 Å². The molecule has 0 bridgehead atoms. The fraction of sp³-hybridized carbons (Fsp3) is 0.467. The molecule has 1 aromatic carbocycles. The summed E-state index contributed by atoms with van der Waals surface area (Å²) < 4.78 is 5.39. The van der Waals surface area contributed by atoms with E-state index >= 15 is 0 Å². The number of aromatic amines is 1. The topological polar surface area (TPSA) is 51.0 Å². The SMILES string of the molecule is COc1cc(C)c2[nH]c(C)c(C3(CN)CC3)c2c1. The molecule has 1 aliphatic carbocycles. The van der Waals surface area contributed by atoms with Crippen LogP contribution in [0.4, 0.5) is 0 Å². The summed E-state index contributed by atoms with van der Waals surface area (Å²) in [6.45, 7) is 5.00. The molecule has 3 rings (SSSR count). The molecule has 1 fully saturated rings. The molecule has 0 saturated heterocycles. The van der Waals surface area contributed by atoms with Crippen LogP contribution in [0.3, 0.4) is 0 Å². The van der Waals surface area contributed by atoms with Gasteiger partial charge in [-0.1, -0.05) is 0 Å². The minimum Gasteiger partial charge on any atom is -0.497 e. The highest BCUT2D eigenvalue weighted by molar-refractivity contribution is 5.90. The van der Waals surface area contributed by atoms with Crippen molar-refractivity contribution in [2.24, 2.45) is 5.73 Å². The van der Waals surface area contributed by atoms with Gasteiger partial charge >= 0.3 is 0 Å². The lowest BCUT2D eigenvalue weighted by Crippen LogP contribution is -2.20. The fourth-order valence-electron chi connectivity index (χ4n) is 3.08. The van der Waals surface area contributed by atoms with Crippen molar-refractivity contribution in [2.75, 3.05) is 13.7 Å². The van der Waals surface area contributed by atoms with Crippen LogP contribution in [0.15, 0.2) is 12.1 Å². The second-order valence-electron chi connectivity index (χ2n) is 5.48. The zero-order valence-corrected chi connectivity index (χ0v) is 11.3. The highest BCUT2D eigenvalue weighted by Gasteiger charge is 2.45. The minimum atomic E-state index is 0.209. The molecule has 2 aromatic rings. The Balaban J connectivity index is 2.31. The Bertz CT molecular complexity index is 608. The fourth-order valence-corrected chi connectivity index (χ4v) is 3.08. The van der Waals surface area contributed by atoms with Crippen LogP contribution in [0.25, 0.3) is 10.9 Å². The maximum Gasteiger partial charge on any atom is 0.119 e. The summed E-state index contributed by atoms with van der Waals surface area (Å²) in [5.41, 5.74) is 11.3. The Hall–Kier alpha value is -1.48. The number of hydrogen-bond acceptors (Lipinski definition) is 2. The van der Waals surface area contributed by atoms with E-state index in [1.165, 1.54) is 40.6 Å². The van der Waals surface area contributed by atoms with Crippen molar-refractivity contribution in [1.29, 1.82) is 0 Å². The van der Waals surface area contributed by atoms with Gasteiger partial charge in [-0.15, -0.1) is 0 Å². The molecule has 0 amide bonds. The first-order valence-electron chi connectivity index (χ1n) is 6.49. The van der Waals surface area contributed by atoms with E-state index in [4.69, 9.17) is 10.5 Å². The van der Waals surface area contributed by atoms with Crippen LogP contribution in [0.5, 0.6) is 5.75 Å². The van der Waals surface area contributed by atoms with Crippen molar-refractivity contribution in [1.82, 2.24) is 4.98 Å². The van der Waals surface area contributed by atoms with E-state index in [0.717, 1.165) is 12.3 Å². The number of aromatic nitrogens is 1. The highest BCUT2D eigenvalue weighted by Crippen LogP contribution is 2.51. The average molecular weight is 244 g/mol.